The number of benzene rings is 2. The van der Waals surface area contributed by atoms with Gasteiger partial charge in [-0.25, -0.2) is 4.98 Å². The number of thiazole rings is 1. The Morgan fingerprint density at radius 1 is 1.19 bits per heavy atom. The maximum Gasteiger partial charge on any atom is 0.287 e. The molecule has 0 fully saturated rings. The molecule has 4 rings (SSSR count). The zero-order chi connectivity index (χ0) is 22.5. The quantitative estimate of drug-likeness (QED) is 0.313. The van der Waals surface area contributed by atoms with Gasteiger partial charge in [-0.1, -0.05) is 61.2 Å². The molecule has 1 amide bonds. The lowest BCUT2D eigenvalue weighted by Crippen LogP contribution is -2.23. The highest BCUT2D eigenvalue weighted by atomic mass is 32.2. The van der Waals surface area contributed by atoms with Gasteiger partial charge in [-0.3, -0.25) is 4.79 Å². The fourth-order valence-corrected chi connectivity index (χ4v) is 5.36. The number of hydrogen-bond donors (Lipinski definition) is 1. The highest BCUT2D eigenvalue weighted by Crippen LogP contribution is 2.33. The molecule has 2 heterocycles. The minimum absolute atomic E-state index is 0.191. The molecule has 0 spiro atoms. The number of amides is 1. The molecule has 0 radical (unpaired) electrons. The van der Waals surface area contributed by atoms with E-state index in [1.807, 2.05) is 48.7 Å². The van der Waals surface area contributed by atoms with Gasteiger partial charge in [0.05, 0.1) is 0 Å². The molecule has 0 aliphatic heterocycles. The predicted molar refractivity (Wildman–Crippen MR) is 132 cm³/mol. The van der Waals surface area contributed by atoms with Crippen molar-refractivity contribution in [1.82, 2.24) is 15.2 Å². The topological polar surface area (TPSA) is 58.4 Å². The highest BCUT2D eigenvalue weighted by molar-refractivity contribution is 8.00. The van der Waals surface area contributed by atoms with Crippen LogP contribution >= 0.6 is 23.1 Å². The maximum atomic E-state index is 13.1. The summed E-state index contributed by atoms with van der Waals surface area (Å²) in [6, 6.07) is 16.1. The number of aryl methyl sites for hydroxylation is 1. The van der Waals surface area contributed by atoms with Crippen molar-refractivity contribution in [2.75, 3.05) is 13.6 Å². The van der Waals surface area contributed by atoms with Crippen molar-refractivity contribution < 1.29 is 9.21 Å². The van der Waals surface area contributed by atoms with Crippen LogP contribution in [0.2, 0.25) is 0 Å². The van der Waals surface area contributed by atoms with Crippen LogP contribution in [-0.2, 0) is 18.8 Å². The zero-order valence-corrected chi connectivity index (χ0v) is 20.2. The predicted octanol–water partition coefficient (Wildman–Crippen LogP) is 5.87. The first-order valence-corrected chi connectivity index (χ1v) is 12.5. The number of nitrogens with zero attached hydrogens (tertiary/aromatic N) is 2. The van der Waals surface area contributed by atoms with Gasteiger partial charge < -0.3 is 14.6 Å². The second-order valence-corrected chi connectivity index (χ2v) is 9.86. The zero-order valence-electron chi connectivity index (χ0n) is 18.6. The minimum atomic E-state index is -0.191. The van der Waals surface area contributed by atoms with E-state index >= 15 is 0 Å². The third-order valence-electron chi connectivity index (χ3n) is 5.28. The van der Waals surface area contributed by atoms with Crippen LogP contribution in [0.25, 0.3) is 11.0 Å². The lowest BCUT2D eigenvalue weighted by molar-refractivity contribution is 0.0924. The molecule has 2 aromatic heterocycles. The van der Waals surface area contributed by atoms with Crippen molar-refractivity contribution >= 4 is 40.0 Å². The number of rotatable bonds is 9. The molecule has 5 nitrogen and oxygen atoms in total. The van der Waals surface area contributed by atoms with Crippen molar-refractivity contribution in [2.24, 2.45) is 0 Å². The summed E-state index contributed by atoms with van der Waals surface area (Å²) in [7, 11) is 2.10. The van der Waals surface area contributed by atoms with Crippen molar-refractivity contribution in [2.45, 2.75) is 37.0 Å². The number of thioether (sulfide) groups is 1. The molecule has 0 aliphatic rings. The van der Waals surface area contributed by atoms with Gasteiger partial charge >= 0.3 is 0 Å². The van der Waals surface area contributed by atoms with Gasteiger partial charge in [0.15, 0.2) is 5.76 Å². The van der Waals surface area contributed by atoms with Crippen molar-refractivity contribution in [1.29, 1.82) is 0 Å². The minimum Gasteiger partial charge on any atom is -0.451 e. The van der Waals surface area contributed by atoms with E-state index in [0.29, 0.717) is 18.1 Å². The average Bonchev–Trinajstić information content (AvgIpc) is 3.39. The molecular weight excluding hydrogens is 438 g/mol. The molecular formula is C25H27N3O2S2. The number of furan rings is 1. The van der Waals surface area contributed by atoms with E-state index in [9.17, 15) is 4.79 Å². The summed E-state index contributed by atoms with van der Waals surface area (Å²) in [6.45, 7) is 6.47. The molecule has 0 bridgehead atoms. The Kier molecular flexibility index (Phi) is 7.29. The summed E-state index contributed by atoms with van der Waals surface area (Å²) in [5.41, 5.74) is 4.97. The van der Waals surface area contributed by atoms with Crippen molar-refractivity contribution in [3.8, 4) is 0 Å². The van der Waals surface area contributed by atoms with Crippen LogP contribution in [0.15, 0.2) is 62.7 Å². The number of aromatic nitrogens is 1. The first-order chi connectivity index (χ1) is 15.5. The molecule has 0 unspecified atom stereocenters. The average molecular weight is 466 g/mol. The smallest absolute Gasteiger partial charge is 0.287 e. The number of para-hydroxylation sites is 1. The van der Waals surface area contributed by atoms with E-state index in [1.54, 1.807) is 23.1 Å². The van der Waals surface area contributed by atoms with E-state index < -0.39 is 0 Å². The molecule has 0 saturated carbocycles. The SMILES string of the molecule is CCN(C)Cc1cccc(CNC(=O)c2oc3ccccc3c2CSc2nc(C)cs2)c1. The molecule has 0 saturated heterocycles. The third-order valence-corrected chi connectivity index (χ3v) is 7.44. The fraction of sp³-hybridized carbons (Fsp3) is 0.280. The molecule has 1 N–H and O–H groups in total. The third kappa shape index (κ3) is 5.41. The van der Waals surface area contributed by atoms with Crippen LogP contribution in [0, 0.1) is 6.92 Å². The summed E-state index contributed by atoms with van der Waals surface area (Å²) in [4.78, 5) is 19.9. The largest absolute Gasteiger partial charge is 0.451 e. The Morgan fingerprint density at radius 3 is 2.78 bits per heavy atom. The van der Waals surface area contributed by atoms with Gasteiger partial charge in [-0.05, 0) is 37.7 Å². The molecule has 166 valence electrons. The monoisotopic (exact) mass is 465 g/mol. The van der Waals surface area contributed by atoms with E-state index in [1.165, 1.54) is 5.56 Å². The van der Waals surface area contributed by atoms with Crippen molar-refractivity contribution in [3.05, 3.63) is 82.1 Å². The van der Waals surface area contributed by atoms with E-state index in [0.717, 1.165) is 45.2 Å². The summed E-state index contributed by atoms with van der Waals surface area (Å²) >= 11 is 3.26. The van der Waals surface area contributed by atoms with Gasteiger partial charge in [0.25, 0.3) is 5.91 Å². The normalized spacial score (nSPS) is 11.4. The van der Waals surface area contributed by atoms with Gasteiger partial charge in [0.2, 0.25) is 0 Å². The molecule has 0 atom stereocenters. The Balaban J connectivity index is 1.50. The molecule has 7 heteroatoms. The number of fused-ring (bicyclic) bond motifs is 1. The molecule has 2 aromatic carbocycles. The highest BCUT2D eigenvalue weighted by Gasteiger charge is 2.21. The Labute approximate surface area is 196 Å². The molecule has 32 heavy (non-hydrogen) atoms. The summed E-state index contributed by atoms with van der Waals surface area (Å²) < 4.78 is 6.98. The Hall–Kier alpha value is -2.61. The van der Waals surface area contributed by atoms with E-state index in [-0.39, 0.29) is 5.91 Å². The van der Waals surface area contributed by atoms with E-state index in [2.05, 4.69) is 41.3 Å². The summed E-state index contributed by atoms with van der Waals surface area (Å²) in [6.07, 6.45) is 0. The second-order valence-electron chi connectivity index (χ2n) is 7.78. The van der Waals surface area contributed by atoms with Gasteiger partial charge in [0, 0.05) is 40.9 Å². The van der Waals surface area contributed by atoms with Crippen LogP contribution in [0.4, 0.5) is 0 Å². The van der Waals surface area contributed by atoms with E-state index in [4.69, 9.17) is 4.42 Å². The molecule has 0 aliphatic carbocycles. The maximum absolute atomic E-state index is 13.1. The van der Waals surface area contributed by atoms with Gasteiger partial charge in [-0.15, -0.1) is 11.3 Å². The Bertz CT molecular complexity index is 1210. The van der Waals surface area contributed by atoms with Crippen LogP contribution in [0.1, 0.15) is 39.9 Å². The van der Waals surface area contributed by atoms with Gasteiger partial charge in [0.1, 0.15) is 9.92 Å². The summed E-state index contributed by atoms with van der Waals surface area (Å²) in [5.74, 6) is 0.822. The summed E-state index contributed by atoms with van der Waals surface area (Å²) in [5, 5.41) is 6.06. The first kappa shape index (κ1) is 22.6. The Morgan fingerprint density at radius 2 is 2.00 bits per heavy atom. The second kappa shape index (κ2) is 10.3. The number of carbonyl (C=O) groups excluding carboxylic acids is 1. The number of carbonyl (C=O) groups is 1. The number of nitrogens with one attached hydrogen (secondary N) is 1. The first-order valence-electron chi connectivity index (χ1n) is 10.6. The van der Waals surface area contributed by atoms with Crippen LogP contribution in [-0.4, -0.2) is 29.4 Å². The fourth-order valence-electron chi connectivity index (χ4n) is 3.48. The lowest BCUT2D eigenvalue weighted by Gasteiger charge is -2.14. The van der Waals surface area contributed by atoms with Crippen LogP contribution in [0.3, 0.4) is 0 Å². The number of hydrogen-bond acceptors (Lipinski definition) is 6. The van der Waals surface area contributed by atoms with Crippen molar-refractivity contribution in [3.63, 3.8) is 0 Å². The standard InChI is InChI=1S/C25H27N3O2S2/c1-4-28(3)14-19-9-7-8-18(12-19)13-26-24(29)23-21(16-32-25-27-17(2)15-31-25)20-10-5-6-11-22(20)30-23/h5-12,15H,4,13-14,16H2,1-3H3,(H,26,29). The van der Waals surface area contributed by atoms with Gasteiger partial charge in [-0.2, -0.15) is 0 Å². The van der Waals surface area contributed by atoms with Crippen LogP contribution < -0.4 is 5.32 Å². The lowest BCUT2D eigenvalue weighted by atomic mass is 10.1. The van der Waals surface area contributed by atoms with Crippen LogP contribution in [0.5, 0.6) is 0 Å². The molecule has 4 aromatic rings.